The van der Waals surface area contributed by atoms with Crippen molar-refractivity contribution in [2.75, 3.05) is 26.7 Å². The van der Waals surface area contributed by atoms with E-state index < -0.39 is 0 Å². The van der Waals surface area contributed by atoms with Crippen LogP contribution >= 0.6 is 12.4 Å². The third-order valence-corrected chi connectivity index (χ3v) is 3.20. The summed E-state index contributed by atoms with van der Waals surface area (Å²) in [4.78, 5) is 0. The Hall–Kier alpha value is -0.810. The third-order valence-electron chi connectivity index (χ3n) is 3.20. The Bertz CT molecular complexity index is 345. The fraction of sp³-hybridized carbons (Fsp3) is 0.538. The molecule has 0 bridgehead atoms. The van der Waals surface area contributed by atoms with Gasteiger partial charge in [-0.05, 0) is 17.7 Å². The molecule has 2 atom stereocenters. The Morgan fingerprint density at radius 3 is 2.61 bits per heavy atom. The highest BCUT2D eigenvalue weighted by Gasteiger charge is 2.23. The van der Waals surface area contributed by atoms with Gasteiger partial charge in [-0.3, -0.25) is 0 Å². The van der Waals surface area contributed by atoms with E-state index in [2.05, 4.69) is 22.8 Å². The van der Waals surface area contributed by atoms with Crippen LogP contribution in [0.5, 0.6) is 5.75 Å². The molecule has 1 saturated heterocycles. The first-order valence-corrected chi connectivity index (χ1v) is 6.02. The average molecular weight is 273 g/mol. The van der Waals surface area contributed by atoms with E-state index in [0.717, 1.165) is 31.9 Å². The van der Waals surface area contributed by atoms with Crippen LogP contribution in [0.4, 0.5) is 0 Å². The van der Waals surface area contributed by atoms with Gasteiger partial charge < -0.3 is 20.5 Å². The molecule has 3 N–H and O–H groups in total. The SMILES string of the molecule is COc1ccc(CNCC2CNCC2O)cc1.Cl. The van der Waals surface area contributed by atoms with Crippen molar-refractivity contribution < 1.29 is 9.84 Å². The summed E-state index contributed by atoms with van der Waals surface area (Å²) in [5.41, 5.74) is 1.23. The molecular weight excluding hydrogens is 252 g/mol. The summed E-state index contributed by atoms with van der Waals surface area (Å²) in [6.45, 7) is 3.29. The van der Waals surface area contributed by atoms with E-state index in [0.29, 0.717) is 5.92 Å². The molecule has 1 aromatic carbocycles. The first-order chi connectivity index (χ1) is 8.29. The van der Waals surface area contributed by atoms with Gasteiger partial charge in [-0.1, -0.05) is 12.1 Å². The van der Waals surface area contributed by atoms with E-state index >= 15 is 0 Å². The highest BCUT2D eigenvalue weighted by molar-refractivity contribution is 5.85. The van der Waals surface area contributed by atoms with Gasteiger partial charge in [-0.2, -0.15) is 0 Å². The van der Waals surface area contributed by atoms with Crippen molar-refractivity contribution in [1.82, 2.24) is 10.6 Å². The Labute approximate surface area is 114 Å². The molecule has 102 valence electrons. The fourth-order valence-electron chi connectivity index (χ4n) is 2.07. The standard InChI is InChI=1S/C13H20N2O2.ClH/c1-17-12-4-2-10(3-5-12)6-14-7-11-8-15-9-13(11)16;/h2-5,11,13-16H,6-9H2,1H3;1H. The highest BCUT2D eigenvalue weighted by Crippen LogP contribution is 2.11. The number of rotatable bonds is 5. The second-order valence-corrected chi connectivity index (χ2v) is 4.46. The molecule has 4 nitrogen and oxygen atoms in total. The van der Waals surface area contributed by atoms with Crippen LogP contribution in [0.25, 0.3) is 0 Å². The van der Waals surface area contributed by atoms with E-state index in [1.807, 2.05) is 12.1 Å². The van der Waals surface area contributed by atoms with Gasteiger partial charge in [0.1, 0.15) is 5.75 Å². The van der Waals surface area contributed by atoms with Crippen LogP contribution in [0.3, 0.4) is 0 Å². The molecule has 2 unspecified atom stereocenters. The van der Waals surface area contributed by atoms with Crippen molar-refractivity contribution in [2.24, 2.45) is 5.92 Å². The summed E-state index contributed by atoms with van der Waals surface area (Å²) >= 11 is 0. The number of halogens is 1. The maximum atomic E-state index is 9.64. The number of aliphatic hydroxyl groups excluding tert-OH is 1. The molecule has 2 rings (SSSR count). The molecular formula is C13H21ClN2O2. The summed E-state index contributed by atoms with van der Waals surface area (Å²) in [6.07, 6.45) is -0.210. The first-order valence-electron chi connectivity index (χ1n) is 6.02. The zero-order valence-electron chi connectivity index (χ0n) is 10.6. The van der Waals surface area contributed by atoms with Crippen molar-refractivity contribution >= 4 is 12.4 Å². The Balaban J connectivity index is 0.00000162. The molecule has 1 heterocycles. The van der Waals surface area contributed by atoms with Crippen LogP contribution in [-0.2, 0) is 6.54 Å². The summed E-state index contributed by atoms with van der Waals surface area (Å²) in [7, 11) is 1.67. The highest BCUT2D eigenvalue weighted by atomic mass is 35.5. The number of hydrogen-bond acceptors (Lipinski definition) is 4. The minimum atomic E-state index is -0.210. The molecule has 0 amide bonds. The molecule has 18 heavy (non-hydrogen) atoms. The normalized spacial score (nSPS) is 22.6. The lowest BCUT2D eigenvalue weighted by Crippen LogP contribution is -2.30. The molecule has 0 radical (unpaired) electrons. The van der Waals surface area contributed by atoms with Gasteiger partial charge in [-0.15, -0.1) is 12.4 Å². The molecule has 1 aliphatic rings. The summed E-state index contributed by atoms with van der Waals surface area (Å²) in [6, 6.07) is 8.02. The lowest BCUT2D eigenvalue weighted by atomic mass is 10.1. The van der Waals surface area contributed by atoms with Gasteiger partial charge in [0.05, 0.1) is 13.2 Å². The summed E-state index contributed by atoms with van der Waals surface area (Å²) in [5, 5.41) is 16.2. The minimum Gasteiger partial charge on any atom is -0.497 e. The van der Waals surface area contributed by atoms with Gasteiger partial charge in [0, 0.05) is 32.1 Å². The number of ether oxygens (including phenoxy) is 1. The van der Waals surface area contributed by atoms with Crippen molar-refractivity contribution in [2.45, 2.75) is 12.6 Å². The Morgan fingerprint density at radius 2 is 2.06 bits per heavy atom. The van der Waals surface area contributed by atoms with Gasteiger partial charge >= 0.3 is 0 Å². The second kappa shape index (κ2) is 7.59. The monoisotopic (exact) mass is 272 g/mol. The smallest absolute Gasteiger partial charge is 0.118 e. The predicted molar refractivity (Wildman–Crippen MR) is 74.3 cm³/mol. The van der Waals surface area contributed by atoms with Gasteiger partial charge in [0.25, 0.3) is 0 Å². The number of nitrogens with one attached hydrogen (secondary N) is 2. The molecule has 1 aromatic rings. The number of methoxy groups -OCH3 is 1. The second-order valence-electron chi connectivity index (χ2n) is 4.46. The third kappa shape index (κ3) is 4.14. The van der Waals surface area contributed by atoms with Crippen LogP contribution in [0.15, 0.2) is 24.3 Å². The molecule has 0 spiro atoms. The largest absolute Gasteiger partial charge is 0.497 e. The van der Waals surface area contributed by atoms with Crippen molar-refractivity contribution in [3.05, 3.63) is 29.8 Å². The lowest BCUT2D eigenvalue weighted by molar-refractivity contribution is 0.146. The predicted octanol–water partition coefficient (Wildman–Crippen LogP) is 0.787. The zero-order chi connectivity index (χ0) is 12.1. The van der Waals surface area contributed by atoms with E-state index in [1.165, 1.54) is 5.56 Å². The van der Waals surface area contributed by atoms with Gasteiger partial charge in [0.15, 0.2) is 0 Å². The Morgan fingerprint density at radius 1 is 1.33 bits per heavy atom. The average Bonchev–Trinajstić information content (AvgIpc) is 2.76. The maximum absolute atomic E-state index is 9.64. The zero-order valence-corrected chi connectivity index (χ0v) is 11.4. The quantitative estimate of drug-likeness (QED) is 0.742. The van der Waals surface area contributed by atoms with Crippen molar-refractivity contribution in [3.8, 4) is 5.75 Å². The number of hydrogen-bond donors (Lipinski definition) is 3. The first kappa shape index (κ1) is 15.2. The topological polar surface area (TPSA) is 53.5 Å². The fourth-order valence-corrected chi connectivity index (χ4v) is 2.07. The van der Waals surface area contributed by atoms with Crippen LogP contribution in [-0.4, -0.2) is 38.0 Å². The molecule has 0 aromatic heterocycles. The van der Waals surface area contributed by atoms with E-state index in [-0.39, 0.29) is 18.5 Å². The summed E-state index contributed by atoms with van der Waals surface area (Å²) in [5.74, 6) is 1.21. The number of aliphatic hydroxyl groups is 1. The van der Waals surface area contributed by atoms with E-state index in [4.69, 9.17) is 4.74 Å². The summed E-state index contributed by atoms with van der Waals surface area (Å²) < 4.78 is 5.11. The maximum Gasteiger partial charge on any atom is 0.118 e. The minimum absolute atomic E-state index is 0. The van der Waals surface area contributed by atoms with E-state index in [9.17, 15) is 5.11 Å². The van der Waals surface area contributed by atoms with Crippen LogP contribution in [0.2, 0.25) is 0 Å². The van der Waals surface area contributed by atoms with Crippen LogP contribution < -0.4 is 15.4 Å². The van der Waals surface area contributed by atoms with Crippen molar-refractivity contribution in [1.29, 1.82) is 0 Å². The molecule has 1 aliphatic heterocycles. The number of benzene rings is 1. The Kier molecular flexibility index (Phi) is 6.43. The van der Waals surface area contributed by atoms with Gasteiger partial charge in [-0.25, -0.2) is 0 Å². The van der Waals surface area contributed by atoms with Crippen molar-refractivity contribution in [3.63, 3.8) is 0 Å². The lowest BCUT2D eigenvalue weighted by Gasteiger charge is -2.14. The van der Waals surface area contributed by atoms with Crippen LogP contribution in [0, 0.1) is 5.92 Å². The molecule has 1 fully saturated rings. The molecule has 0 aliphatic carbocycles. The van der Waals surface area contributed by atoms with E-state index in [1.54, 1.807) is 7.11 Å². The van der Waals surface area contributed by atoms with Gasteiger partial charge in [0.2, 0.25) is 0 Å². The van der Waals surface area contributed by atoms with Crippen LogP contribution in [0.1, 0.15) is 5.56 Å². The molecule has 5 heteroatoms. The molecule has 0 saturated carbocycles. The number of β-amino-alcohol motifs (C(OH)–C–C–N with tert-alkyl or cyclic N) is 1.